The van der Waals surface area contributed by atoms with Gasteiger partial charge in [0.05, 0.1) is 0 Å². The molecule has 0 amide bonds. The van der Waals surface area contributed by atoms with E-state index in [1.165, 1.54) is 0 Å². The van der Waals surface area contributed by atoms with Crippen LogP contribution < -0.4 is 0 Å². The van der Waals surface area contributed by atoms with E-state index >= 15 is 0 Å². The van der Waals surface area contributed by atoms with E-state index < -0.39 is 40.3 Å². The van der Waals surface area contributed by atoms with Crippen molar-refractivity contribution in [3.63, 3.8) is 0 Å². The summed E-state index contributed by atoms with van der Waals surface area (Å²) in [6.45, 7) is 8.67. The van der Waals surface area contributed by atoms with Crippen molar-refractivity contribution in [2.24, 2.45) is 0 Å². The molecular formula is C19H40O4Sn2. The Morgan fingerprint density at radius 3 is 1.12 bits per heavy atom. The Morgan fingerprint density at radius 2 is 0.880 bits per heavy atom. The summed E-state index contributed by atoms with van der Waals surface area (Å²) in [6, 6.07) is 0. The molecule has 0 rings (SSSR count). The fourth-order valence-electron chi connectivity index (χ4n) is 2.82. The molecule has 0 unspecified atom stereocenters. The Bertz CT molecular complexity index is 302. The first kappa shape index (κ1) is 25.5. The molecule has 0 fully saturated rings. The summed E-state index contributed by atoms with van der Waals surface area (Å²) < 4.78 is 15.9. The molecule has 0 aliphatic carbocycles. The first-order valence-corrected chi connectivity index (χ1v) is 22.5. The average molecular weight is 570 g/mol. The van der Waals surface area contributed by atoms with Gasteiger partial charge in [0.15, 0.2) is 0 Å². The van der Waals surface area contributed by atoms with Gasteiger partial charge in [-0.15, -0.1) is 0 Å². The summed E-state index contributed by atoms with van der Waals surface area (Å²) in [6.07, 6.45) is 9.01. The number of unbranched alkanes of at least 4 members (excludes halogenated alkanes) is 4. The van der Waals surface area contributed by atoms with Crippen LogP contribution in [0.3, 0.4) is 0 Å². The second kappa shape index (κ2) is 17.9. The molecule has 0 aliphatic heterocycles. The summed E-state index contributed by atoms with van der Waals surface area (Å²) in [4.78, 5) is 24.3. The number of carbonyl (C=O) groups is 2. The molecule has 0 aromatic carbocycles. The van der Waals surface area contributed by atoms with Crippen LogP contribution >= 0.6 is 0 Å². The van der Waals surface area contributed by atoms with Crippen LogP contribution in [0.25, 0.3) is 0 Å². The molecule has 0 saturated carbocycles. The fourth-order valence-corrected chi connectivity index (χ4v) is 18.3. The molecule has 0 saturated heterocycles. The van der Waals surface area contributed by atoms with Crippen molar-refractivity contribution < 1.29 is 15.7 Å². The van der Waals surface area contributed by atoms with Crippen LogP contribution in [0.1, 0.15) is 85.5 Å². The van der Waals surface area contributed by atoms with Crippen molar-refractivity contribution in [3.8, 4) is 0 Å². The van der Waals surface area contributed by atoms with Gasteiger partial charge in [0.25, 0.3) is 0 Å². The molecule has 0 aromatic rings. The van der Waals surface area contributed by atoms with Gasteiger partial charge in [0, 0.05) is 0 Å². The van der Waals surface area contributed by atoms with E-state index in [1.54, 1.807) is 0 Å². The van der Waals surface area contributed by atoms with Crippen LogP contribution in [0, 0.1) is 0 Å². The fraction of sp³-hybridized carbons (Fsp3) is 0.895. The Balaban J connectivity index is 4.34. The predicted octanol–water partition coefficient (Wildman–Crippen LogP) is 5.11. The maximum absolute atomic E-state index is 12.2. The van der Waals surface area contributed by atoms with E-state index in [0.717, 1.165) is 69.1 Å². The molecule has 0 heterocycles. The summed E-state index contributed by atoms with van der Waals surface area (Å²) in [5.74, 6) is -0.622. The second-order valence-corrected chi connectivity index (χ2v) is 22.0. The molecule has 25 heavy (non-hydrogen) atoms. The van der Waals surface area contributed by atoms with E-state index in [-0.39, 0.29) is 18.4 Å². The van der Waals surface area contributed by atoms with E-state index in [0.29, 0.717) is 0 Å². The summed E-state index contributed by atoms with van der Waals surface area (Å²) in [5, 5.41) is 0. The standard InChI is InChI=1S/4C4H9.C3H4O4.2Sn.2H/c4*1-3-4-2;4-2(5)1-3(6)7;;;;/h4*1,3-4H2,2H3;1H2,(H,4,5)(H,6,7);;;;/q;;;;;2*+1;;/p-2. The zero-order valence-electron chi connectivity index (χ0n) is 17.0. The van der Waals surface area contributed by atoms with Gasteiger partial charge in [0.1, 0.15) is 0 Å². The average Bonchev–Trinajstić information content (AvgIpc) is 2.59. The van der Waals surface area contributed by atoms with E-state index in [9.17, 15) is 9.59 Å². The Labute approximate surface area is 170 Å². The molecule has 0 N–H and O–H groups in total. The van der Waals surface area contributed by atoms with Crippen LogP contribution in [0.5, 0.6) is 0 Å². The van der Waals surface area contributed by atoms with Gasteiger partial charge in [-0.25, -0.2) is 0 Å². The summed E-state index contributed by atoms with van der Waals surface area (Å²) in [7, 11) is 0. The monoisotopic (exact) mass is 572 g/mol. The number of carbonyl (C=O) groups excluding carboxylic acids is 2. The quantitative estimate of drug-likeness (QED) is 0.191. The number of rotatable bonds is 16. The number of hydrogen-bond acceptors (Lipinski definition) is 4. The third-order valence-corrected chi connectivity index (χ3v) is 19.8. The molecule has 4 nitrogen and oxygen atoms in total. The van der Waals surface area contributed by atoms with Gasteiger partial charge < -0.3 is 0 Å². The molecule has 0 bridgehead atoms. The van der Waals surface area contributed by atoms with Crippen LogP contribution in [0.2, 0.25) is 17.7 Å². The molecule has 6 heteroatoms. The first-order chi connectivity index (χ1) is 12.1. The van der Waals surface area contributed by atoms with Crippen LogP contribution in [-0.4, -0.2) is 52.3 Å². The minimum atomic E-state index is -2.24. The number of hydrogen-bond donors (Lipinski definition) is 0. The normalized spacial score (nSPS) is 11.1. The maximum atomic E-state index is 12.2. The van der Waals surface area contributed by atoms with Crippen molar-refractivity contribution in [1.82, 2.24) is 0 Å². The molecule has 0 atom stereocenters. The van der Waals surface area contributed by atoms with Gasteiger partial charge in [-0.2, -0.15) is 0 Å². The topological polar surface area (TPSA) is 52.6 Å². The van der Waals surface area contributed by atoms with Crippen LogP contribution in [0.4, 0.5) is 0 Å². The van der Waals surface area contributed by atoms with Crippen LogP contribution in [-0.2, 0) is 15.7 Å². The summed E-state index contributed by atoms with van der Waals surface area (Å²) in [5.41, 5.74) is 0. The third kappa shape index (κ3) is 15.3. The molecule has 148 valence electrons. The van der Waals surface area contributed by atoms with Crippen molar-refractivity contribution in [2.45, 2.75) is 103 Å². The van der Waals surface area contributed by atoms with E-state index in [4.69, 9.17) is 6.15 Å². The van der Waals surface area contributed by atoms with Crippen molar-refractivity contribution in [3.05, 3.63) is 0 Å². The van der Waals surface area contributed by atoms with Gasteiger partial charge in [0.2, 0.25) is 0 Å². The second-order valence-electron chi connectivity index (χ2n) is 6.97. The minimum absolute atomic E-state index is 0.155. The zero-order chi connectivity index (χ0) is 18.9. The van der Waals surface area contributed by atoms with Crippen LogP contribution in [0.15, 0.2) is 0 Å². The Kier molecular flexibility index (Phi) is 18.3. The molecule has 0 aromatic heterocycles. The Morgan fingerprint density at radius 1 is 0.600 bits per heavy atom. The van der Waals surface area contributed by atoms with Gasteiger partial charge >= 0.3 is 171 Å². The van der Waals surface area contributed by atoms with Crippen molar-refractivity contribution in [1.29, 1.82) is 0 Å². The molecule has 0 spiro atoms. The first-order valence-electron chi connectivity index (χ1n) is 10.5. The Hall–Kier alpha value is 0.537. The molecular weight excluding hydrogens is 530 g/mol. The van der Waals surface area contributed by atoms with Gasteiger partial charge in [-0.05, 0) is 0 Å². The van der Waals surface area contributed by atoms with Gasteiger partial charge in [-0.1, -0.05) is 0 Å². The molecule has 0 aliphatic rings. The van der Waals surface area contributed by atoms with E-state index in [1.807, 2.05) is 0 Å². The zero-order valence-corrected chi connectivity index (χ0v) is 23.6. The molecule has 0 radical (unpaired) electrons. The van der Waals surface area contributed by atoms with Crippen molar-refractivity contribution >= 4 is 52.3 Å². The predicted molar refractivity (Wildman–Crippen MR) is 110 cm³/mol. The third-order valence-electron chi connectivity index (χ3n) is 4.40. The van der Waals surface area contributed by atoms with Crippen molar-refractivity contribution in [2.75, 3.05) is 0 Å². The SMILES string of the molecule is CCC[CH2][SnH]([CH2]CCC)[O]C(=O)CC(=O)[O][SnH]([CH2]CCC)[CH2]CCC. The summed E-state index contributed by atoms with van der Waals surface area (Å²) >= 11 is -4.49. The van der Waals surface area contributed by atoms with E-state index in [2.05, 4.69) is 27.7 Å². The van der Waals surface area contributed by atoms with Gasteiger partial charge in [-0.3, -0.25) is 0 Å².